The highest BCUT2D eigenvalue weighted by Crippen LogP contribution is 2.25. The molecule has 0 aromatic rings. The Kier molecular flexibility index (Phi) is 6.23. The fourth-order valence-corrected chi connectivity index (χ4v) is 1.43. The number of rotatable bonds is 5. The van der Waals surface area contributed by atoms with E-state index in [1.165, 1.54) is 0 Å². The minimum Gasteiger partial charge on any atom is -0.207 e. The third-order valence-corrected chi connectivity index (χ3v) is 2.76. The van der Waals surface area contributed by atoms with Crippen LogP contribution in [0, 0.1) is 5.92 Å². The van der Waals surface area contributed by atoms with Crippen molar-refractivity contribution in [3.63, 3.8) is 0 Å². The van der Waals surface area contributed by atoms with Crippen LogP contribution in [0.4, 0.5) is 4.39 Å². The maximum Gasteiger partial charge on any atom is 0.125 e. The average Bonchev–Trinajstić information content (AvgIpc) is 2.23. The van der Waals surface area contributed by atoms with E-state index in [1.54, 1.807) is 19.9 Å². The molecule has 0 N–H and O–H groups in total. The molecule has 0 heterocycles. The molecule has 0 saturated carbocycles. The summed E-state index contributed by atoms with van der Waals surface area (Å²) in [7, 11) is 0. The molecule has 0 spiro atoms. The van der Waals surface area contributed by atoms with Crippen molar-refractivity contribution < 1.29 is 4.39 Å². The maximum atomic E-state index is 13.7. The van der Waals surface area contributed by atoms with Gasteiger partial charge in [0.1, 0.15) is 5.83 Å². The molecule has 0 radical (unpaired) electrons. The van der Waals surface area contributed by atoms with Crippen molar-refractivity contribution in [3.8, 4) is 0 Å². The molecule has 0 aromatic carbocycles. The average molecular weight is 210 g/mol. The molecule has 0 aliphatic rings. The first-order chi connectivity index (χ1) is 6.93. The first kappa shape index (κ1) is 14.2. The van der Waals surface area contributed by atoms with Gasteiger partial charge in [-0.1, -0.05) is 32.9 Å². The fraction of sp³-hybridized carbons (Fsp3) is 0.571. The second-order valence-electron chi connectivity index (χ2n) is 4.39. The first-order valence-electron chi connectivity index (χ1n) is 5.59. The van der Waals surface area contributed by atoms with Gasteiger partial charge in [-0.05, 0) is 49.8 Å². The largest absolute Gasteiger partial charge is 0.207 e. The second kappa shape index (κ2) is 6.60. The van der Waals surface area contributed by atoms with Gasteiger partial charge in [0.25, 0.3) is 0 Å². The Labute approximate surface area is 93.6 Å². The van der Waals surface area contributed by atoms with Gasteiger partial charge in [-0.2, -0.15) is 0 Å². The van der Waals surface area contributed by atoms with E-state index in [1.807, 2.05) is 6.92 Å². The van der Waals surface area contributed by atoms with E-state index in [9.17, 15) is 4.39 Å². The summed E-state index contributed by atoms with van der Waals surface area (Å²) < 4.78 is 13.7. The summed E-state index contributed by atoms with van der Waals surface area (Å²) in [5.41, 5.74) is 2.50. The molecule has 0 nitrogen and oxygen atoms in total. The number of hydrogen-bond donors (Lipinski definition) is 0. The zero-order valence-corrected chi connectivity index (χ0v) is 10.7. The minimum absolute atomic E-state index is 0.0896. The highest BCUT2D eigenvalue weighted by Gasteiger charge is 2.08. The molecule has 1 heteroatoms. The van der Waals surface area contributed by atoms with Crippen LogP contribution in [0.1, 0.15) is 47.5 Å². The summed E-state index contributed by atoms with van der Waals surface area (Å²) in [5, 5.41) is 0. The van der Waals surface area contributed by atoms with E-state index in [0.717, 1.165) is 29.6 Å². The van der Waals surface area contributed by atoms with Gasteiger partial charge < -0.3 is 0 Å². The summed E-state index contributed by atoms with van der Waals surface area (Å²) >= 11 is 0. The lowest BCUT2D eigenvalue weighted by molar-refractivity contribution is 0.556. The Morgan fingerprint density at radius 1 is 1.33 bits per heavy atom. The molecule has 86 valence electrons. The van der Waals surface area contributed by atoms with E-state index in [-0.39, 0.29) is 5.83 Å². The van der Waals surface area contributed by atoms with Crippen LogP contribution >= 0.6 is 0 Å². The first-order valence-corrected chi connectivity index (χ1v) is 5.59. The van der Waals surface area contributed by atoms with E-state index < -0.39 is 0 Å². The summed E-state index contributed by atoms with van der Waals surface area (Å²) in [6.45, 7) is 13.5. The fourth-order valence-electron chi connectivity index (χ4n) is 1.43. The Bertz CT molecular complexity index is 278. The molecular weight excluding hydrogens is 187 g/mol. The van der Waals surface area contributed by atoms with Crippen molar-refractivity contribution in [1.29, 1.82) is 0 Å². The minimum atomic E-state index is -0.0896. The quantitative estimate of drug-likeness (QED) is 0.548. The normalized spacial score (nSPS) is 14.3. The van der Waals surface area contributed by atoms with Crippen LogP contribution < -0.4 is 0 Å². The Morgan fingerprint density at radius 2 is 1.87 bits per heavy atom. The van der Waals surface area contributed by atoms with Gasteiger partial charge in [-0.15, -0.1) is 0 Å². The van der Waals surface area contributed by atoms with Gasteiger partial charge in [0.05, 0.1) is 0 Å². The van der Waals surface area contributed by atoms with E-state index in [4.69, 9.17) is 0 Å². The molecule has 0 rings (SSSR count). The Balaban J connectivity index is 4.99. The smallest absolute Gasteiger partial charge is 0.125 e. The third kappa shape index (κ3) is 4.46. The Morgan fingerprint density at radius 3 is 2.20 bits per heavy atom. The van der Waals surface area contributed by atoms with Gasteiger partial charge in [-0.25, -0.2) is 4.39 Å². The van der Waals surface area contributed by atoms with Crippen LogP contribution in [0.5, 0.6) is 0 Å². The Hall–Kier alpha value is -0.850. The third-order valence-electron chi connectivity index (χ3n) is 2.76. The van der Waals surface area contributed by atoms with E-state index in [2.05, 4.69) is 20.4 Å². The van der Waals surface area contributed by atoms with Crippen LogP contribution in [0.3, 0.4) is 0 Å². The summed E-state index contributed by atoms with van der Waals surface area (Å²) in [6, 6.07) is 0. The predicted molar refractivity (Wildman–Crippen MR) is 66.5 cm³/mol. The molecule has 0 saturated heterocycles. The lowest BCUT2D eigenvalue weighted by Crippen LogP contribution is -1.97. The molecule has 0 aliphatic heterocycles. The van der Waals surface area contributed by atoms with Crippen molar-refractivity contribution in [1.82, 2.24) is 0 Å². The van der Waals surface area contributed by atoms with Crippen LogP contribution in [-0.2, 0) is 0 Å². The number of halogens is 1. The number of hydrogen-bond acceptors (Lipinski definition) is 0. The zero-order valence-electron chi connectivity index (χ0n) is 10.7. The zero-order chi connectivity index (χ0) is 12.0. The summed E-state index contributed by atoms with van der Waals surface area (Å²) in [4.78, 5) is 0. The van der Waals surface area contributed by atoms with Gasteiger partial charge in [0.15, 0.2) is 0 Å². The SMILES string of the molecule is C=C/C(CC(C)CC)=C(/C)C(F)=C(C)C. The lowest BCUT2D eigenvalue weighted by Gasteiger charge is -2.12. The molecule has 1 atom stereocenters. The van der Waals surface area contributed by atoms with Crippen LogP contribution in [0.25, 0.3) is 0 Å². The van der Waals surface area contributed by atoms with Crippen LogP contribution in [0.2, 0.25) is 0 Å². The molecule has 0 amide bonds. The van der Waals surface area contributed by atoms with Crippen molar-refractivity contribution in [2.75, 3.05) is 0 Å². The van der Waals surface area contributed by atoms with Gasteiger partial charge >= 0.3 is 0 Å². The standard InChI is InChI=1S/C14H23F/c1-7-11(5)9-13(8-2)12(6)14(15)10(3)4/h8,11H,2,7,9H2,1,3-6H3/b13-12+. The molecule has 0 aliphatic carbocycles. The maximum absolute atomic E-state index is 13.7. The highest BCUT2D eigenvalue weighted by molar-refractivity contribution is 5.36. The monoisotopic (exact) mass is 210 g/mol. The van der Waals surface area contributed by atoms with Crippen molar-refractivity contribution in [2.24, 2.45) is 5.92 Å². The van der Waals surface area contributed by atoms with E-state index >= 15 is 0 Å². The summed E-state index contributed by atoms with van der Waals surface area (Å²) in [6.07, 6.45) is 3.80. The molecule has 0 bridgehead atoms. The predicted octanol–water partition coefficient (Wildman–Crippen LogP) is 5.19. The van der Waals surface area contributed by atoms with E-state index in [0.29, 0.717) is 5.92 Å². The topological polar surface area (TPSA) is 0 Å². The molecule has 1 unspecified atom stereocenters. The second-order valence-corrected chi connectivity index (χ2v) is 4.39. The van der Waals surface area contributed by atoms with Crippen molar-refractivity contribution in [3.05, 3.63) is 35.2 Å². The molecule has 0 fully saturated rings. The molecular formula is C14H23F. The van der Waals surface area contributed by atoms with Crippen molar-refractivity contribution in [2.45, 2.75) is 47.5 Å². The van der Waals surface area contributed by atoms with Crippen molar-refractivity contribution >= 4 is 0 Å². The summed E-state index contributed by atoms with van der Waals surface area (Å²) in [5.74, 6) is 0.492. The lowest BCUT2D eigenvalue weighted by atomic mass is 9.94. The van der Waals surface area contributed by atoms with Crippen LogP contribution in [0.15, 0.2) is 35.2 Å². The number of allylic oxidation sites excluding steroid dienone is 5. The van der Waals surface area contributed by atoms with Gasteiger partial charge in [-0.3, -0.25) is 0 Å². The van der Waals surface area contributed by atoms with Crippen LogP contribution in [-0.4, -0.2) is 0 Å². The molecule has 15 heavy (non-hydrogen) atoms. The molecule has 0 aromatic heterocycles. The van der Waals surface area contributed by atoms with Gasteiger partial charge in [0.2, 0.25) is 0 Å². The highest BCUT2D eigenvalue weighted by atomic mass is 19.1. The van der Waals surface area contributed by atoms with Gasteiger partial charge in [0, 0.05) is 0 Å².